The molecular formula is C13H17N3O2S. The summed E-state index contributed by atoms with van der Waals surface area (Å²) in [6.07, 6.45) is 0.882. The number of esters is 1. The Balaban J connectivity index is 2.20. The number of hydrogen-bond acceptors (Lipinski definition) is 5. The Morgan fingerprint density at radius 1 is 1.53 bits per heavy atom. The third-order valence-corrected chi connectivity index (χ3v) is 3.62. The molecule has 0 N–H and O–H groups in total. The highest BCUT2D eigenvalue weighted by Gasteiger charge is 2.22. The van der Waals surface area contributed by atoms with E-state index >= 15 is 0 Å². The van der Waals surface area contributed by atoms with Crippen LogP contribution in [0.2, 0.25) is 0 Å². The predicted molar refractivity (Wildman–Crippen MR) is 73.5 cm³/mol. The van der Waals surface area contributed by atoms with E-state index < -0.39 is 5.97 Å². The van der Waals surface area contributed by atoms with Gasteiger partial charge in [-0.1, -0.05) is 19.1 Å². The van der Waals surface area contributed by atoms with Crippen molar-refractivity contribution in [2.75, 3.05) is 7.11 Å². The largest absolute Gasteiger partial charge is 0.464 e. The molecule has 0 spiro atoms. The third-order valence-electron chi connectivity index (χ3n) is 2.89. The molecule has 0 unspecified atom stereocenters. The lowest BCUT2D eigenvalue weighted by Gasteiger charge is -2.09. The Morgan fingerprint density at radius 3 is 2.89 bits per heavy atom. The fraction of sp³-hybridized carbons (Fsp3) is 0.462. The van der Waals surface area contributed by atoms with Crippen LogP contribution in [0, 0.1) is 0 Å². The number of carbonyl (C=O) groups is 1. The fourth-order valence-electron chi connectivity index (χ4n) is 1.97. The standard InChI is InChI=1S/C13H17N3O2S/c1-9(2)12-11(13(17)18-3)14-15-16(12)6-4-10-5-7-19-8-10/h5,7-9H,4,6H2,1-3H3. The van der Waals surface area contributed by atoms with Gasteiger partial charge in [0.05, 0.1) is 12.8 Å². The molecule has 5 nitrogen and oxygen atoms in total. The monoisotopic (exact) mass is 279 g/mol. The predicted octanol–water partition coefficient (Wildman–Crippen LogP) is 2.49. The van der Waals surface area contributed by atoms with E-state index in [1.54, 1.807) is 16.0 Å². The lowest BCUT2D eigenvalue weighted by atomic mass is 10.1. The number of thiophene rings is 1. The summed E-state index contributed by atoms with van der Waals surface area (Å²) in [6, 6.07) is 2.10. The highest BCUT2D eigenvalue weighted by molar-refractivity contribution is 7.07. The van der Waals surface area contributed by atoms with Crippen molar-refractivity contribution in [2.45, 2.75) is 32.7 Å². The number of aromatic nitrogens is 3. The van der Waals surface area contributed by atoms with E-state index in [-0.39, 0.29) is 5.92 Å². The average Bonchev–Trinajstić information content (AvgIpc) is 3.04. The van der Waals surface area contributed by atoms with Crippen LogP contribution in [0.25, 0.3) is 0 Å². The van der Waals surface area contributed by atoms with Crippen LogP contribution < -0.4 is 0 Å². The van der Waals surface area contributed by atoms with Crippen molar-refractivity contribution in [3.63, 3.8) is 0 Å². The molecule has 0 bridgehead atoms. The number of methoxy groups -OCH3 is 1. The second-order valence-electron chi connectivity index (χ2n) is 4.57. The van der Waals surface area contributed by atoms with Crippen LogP contribution >= 0.6 is 11.3 Å². The molecule has 0 saturated heterocycles. The zero-order valence-corrected chi connectivity index (χ0v) is 12.1. The van der Waals surface area contributed by atoms with Gasteiger partial charge < -0.3 is 4.74 Å². The highest BCUT2D eigenvalue weighted by Crippen LogP contribution is 2.19. The molecule has 0 radical (unpaired) electrons. The van der Waals surface area contributed by atoms with Crippen molar-refractivity contribution in [3.8, 4) is 0 Å². The second kappa shape index (κ2) is 5.97. The molecule has 0 aromatic carbocycles. The molecule has 6 heteroatoms. The highest BCUT2D eigenvalue weighted by atomic mass is 32.1. The molecule has 0 saturated carbocycles. The van der Waals surface area contributed by atoms with Gasteiger partial charge in [0, 0.05) is 6.54 Å². The molecule has 0 fully saturated rings. The SMILES string of the molecule is COC(=O)c1nnn(CCc2ccsc2)c1C(C)C. The molecule has 0 amide bonds. The van der Waals surface area contributed by atoms with Crippen molar-refractivity contribution >= 4 is 17.3 Å². The summed E-state index contributed by atoms with van der Waals surface area (Å²) < 4.78 is 6.54. The Morgan fingerprint density at radius 2 is 2.32 bits per heavy atom. The number of nitrogens with zero attached hydrogens (tertiary/aromatic N) is 3. The molecule has 2 heterocycles. The Bertz CT molecular complexity index is 546. The van der Waals surface area contributed by atoms with E-state index in [0.29, 0.717) is 12.2 Å². The van der Waals surface area contributed by atoms with Gasteiger partial charge in [0.25, 0.3) is 0 Å². The molecular weight excluding hydrogens is 262 g/mol. The molecule has 2 aromatic rings. The van der Waals surface area contributed by atoms with E-state index in [9.17, 15) is 4.79 Å². The Labute approximate surface area is 116 Å². The third kappa shape index (κ3) is 3.01. The lowest BCUT2D eigenvalue weighted by Crippen LogP contribution is -2.12. The van der Waals surface area contributed by atoms with Crippen LogP contribution in [0.4, 0.5) is 0 Å². The zero-order chi connectivity index (χ0) is 13.8. The average molecular weight is 279 g/mol. The maximum absolute atomic E-state index is 11.6. The Hall–Kier alpha value is -1.69. The van der Waals surface area contributed by atoms with Gasteiger partial charge >= 0.3 is 5.97 Å². The molecule has 2 aromatic heterocycles. The molecule has 2 rings (SSSR count). The van der Waals surface area contributed by atoms with E-state index in [2.05, 4.69) is 27.1 Å². The topological polar surface area (TPSA) is 57.0 Å². The van der Waals surface area contributed by atoms with Crippen LogP contribution in [-0.4, -0.2) is 28.1 Å². The van der Waals surface area contributed by atoms with E-state index in [1.165, 1.54) is 12.7 Å². The summed E-state index contributed by atoms with van der Waals surface area (Å²) >= 11 is 1.68. The summed E-state index contributed by atoms with van der Waals surface area (Å²) in [5, 5.41) is 12.2. The van der Waals surface area contributed by atoms with Gasteiger partial charge in [-0.25, -0.2) is 9.48 Å². The first-order chi connectivity index (χ1) is 9.13. The first-order valence-electron chi connectivity index (χ1n) is 6.16. The van der Waals surface area contributed by atoms with Gasteiger partial charge in [0.15, 0.2) is 5.69 Å². The molecule has 19 heavy (non-hydrogen) atoms. The van der Waals surface area contributed by atoms with E-state index in [4.69, 9.17) is 4.74 Å². The van der Waals surface area contributed by atoms with Gasteiger partial charge in [0.2, 0.25) is 0 Å². The smallest absolute Gasteiger partial charge is 0.360 e. The number of rotatable bonds is 5. The van der Waals surface area contributed by atoms with Gasteiger partial charge in [-0.2, -0.15) is 11.3 Å². The van der Waals surface area contributed by atoms with Crippen molar-refractivity contribution < 1.29 is 9.53 Å². The maximum atomic E-state index is 11.6. The van der Waals surface area contributed by atoms with Crippen molar-refractivity contribution in [1.82, 2.24) is 15.0 Å². The summed E-state index contributed by atoms with van der Waals surface area (Å²) in [5.74, 6) is -0.253. The van der Waals surface area contributed by atoms with Gasteiger partial charge in [-0.15, -0.1) is 5.10 Å². The number of aryl methyl sites for hydroxylation is 2. The second-order valence-corrected chi connectivity index (χ2v) is 5.35. The molecule has 0 aliphatic heterocycles. The number of ether oxygens (including phenoxy) is 1. The first-order valence-corrected chi connectivity index (χ1v) is 7.10. The van der Waals surface area contributed by atoms with Crippen molar-refractivity contribution in [3.05, 3.63) is 33.8 Å². The summed E-state index contributed by atoms with van der Waals surface area (Å²) in [7, 11) is 1.36. The van der Waals surface area contributed by atoms with Crippen LogP contribution in [-0.2, 0) is 17.7 Å². The molecule has 0 atom stereocenters. The summed E-state index contributed by atoms with van der Waals surface area (Å²) in [4.78, 5) is 11.6. The van der Waals surface area contributed by atoms with Gasteiger partial charge in [0.1, 0.15) is 0 Å². The van der Waals surface area contributed by atoms with Gasteiger partial charge in [-0.3, -0.25) is 0 Å². The first kappa shape index (κ1) is 13.7. The fourth-order valence-corrected chi connectivity index (χ4v) is 2.67. The number of hydrogen-bond donors (Lipinski definition) is 0. The zero-order valence-electron chi connectivity index (χ0n) is 11.3. The Kier molecular flexibility index (Phi) is 4.31. The maximum Gasteiger partial charge on any atom is 0.360 e. The minimum atomic E-state index is -0.425. The van der Waals surface area contributed by atoms with Crippen molar-refractivity contribution in [2.24, 2.45) is 0 Å². The van der Waals surface area contributed by atoms with E-state index in [0.717, 1.165) is 12.1 Å². The minimum absolute atomic E-state index is 0.173. The minimum Gasteiger partial charge on any atom is -0.464 e. The van der Waals surface area contributed by atoms with Crippen LogP contribution in [0.3, 0.4) is 0 Å². The quantitative estimate of drug-likeness (QED) is 0.789. The van der Waals surface area contributed by atoms with Crippen LogP contribution in [0.1, 0.15) is 41.5 Å². The van der Waals surface area contributed by atoms with Gasteiger partial charge in [-0.05, 0) is 34.7 Å². The molecule has 0 aliphatic rings. The lowest BCUT2D eigenvalue weighted by molar-refractivity contribution is 0.0592. The summed E-state index contributed by atoms with van der Waals surface area (Å²) in [5.41, 5.74) is 2.43. The molecule has 0 aliphatic carbocycles. The van der Waals surface area contributed by atoms with E-state index in [1.807, 2.05) is 13.8 Å². The molecule has 102 valence electrons. The van der Waals surface area contributed by atoms with Crippen molar-refractivity contribution in [1.29, 1.82) is 0 Å². The normalized spacial score (nSPS) is 10.9. The van der Waals surface area contributed by atoms with Crippen LogP contribution in [0.5, 0.6) is 0 Å². The summed E-state index contributed by atoms with van der Waals surface area (Å²) in [6.45, 7) is 4.76. The van der Waals surface area contributed by atoms with Crippen LogP contribution in [0.15, 0.2) is 16.8 Å². The number of carbonyl (C=O) groups excluding carboxylic acids is 1.